The molecule has 1 aliphatic carbocycles. The van der Waals surface area contributed by atoms with Crippen LogP contribution in [0, 0.1) is 5.92 Å². The molecule has 2 amide bonds. The molecule has 1 aliphatic heterocycles. The quantitative estimate of drug-likeness (QED) is 0.864. The van der Waals surface area contributed by atoms with Gasteiger partial charge in [-0.05, 0) is 25.0 Å². The predicted octanol–water partition coefficient (Wildman–Crippen LogP) is 2.04. The lowest BCUT2D eigenvalue weighted by Gasteiger charge is -2.35. The number of carbonyl (C=O) groups is 2. The van der Waals surface area contributed by atoms with Crippen molar-refractivity contribution in [3.05, 3.63) is 0 Å². The monoisotopic (exact) mass is 298 g/mol. The fraction of sp³-hybridized carbons (Fsp3) is 0.867. The molecule has 1 heterocycles. The van der Waals surface area contributed by atoms with Gasteiger partial charge in [-0.1, -0.05) is 26.7 Å². The van der Waals surface area contributed by atoms with E-state index in [1.165, 1.54) is 25.7 Å². The number of nitrogens with zero attached hydrogens (tertiary/aromatic N) is 1. The van der Waals surface area contributed by atoms with E-state index >= 15 is 0 Å². The summed E-state index contributed by atoms with van der Waals surface area (Å²) < 4.78 is 0.213. The van der Waals surface area contributed by atoms with Crippen LogP contribution in [0.3, 0.4) is 0 Å². The summed E-state index contributed by atoms with van der Waals surface area (Å²) in [6, 6.07) is -0.356. The Balaban J connectivity index is 2.12. The van der Waals surface area contributed by atoms with Crippen LogP contribution in [0.25, 0.3) is 0 Å². The van der Waals surface area contributed by atoms with E-state index in [4.69, 9.17) is 0 Å². The summed E-state index contributed by atoms with van der Waals surface area (Å²) in [5, 5.41) is 2.88. The van der Waals surface area contributed by atoms with E-state index in [9.17, 15) is 9.59 Å². The van der Waals surface area contributed by atoms with Gasteiger partial charge in [0, 0.05) is 24.3 Å². The molecular weight excluding hydrogens is 272 g/mol. The minimum absolute atomic E-state index is 0.00386. The van der Waals surface area contributed by atoms with Crippen molar-refractivity contribution in [2.45, 2.75) is 56.7 Å². The van der Waals surface area contributed by atoms with Crippen molar-refractivity contribution in [2.24, 2.45) is 5.92 Å². The van der Waals surface area contributed by atoms with Gasteiger partial charge < -0.3 is 10.2 Å². The third kappa shape index (κ3) is 3.30. The van der Waals surface area contributed by atoms with Gasteiger partial charge in [0.25, 0.3) is 0 Å². The highest BCUT2D eigenvalue weighted by Gasteiger charge is 2.39. The first-order valence-corrected chi connectivity index (χ1v) is 8.83. The highest BCUT2D eigenvalue weighted by Crippen LogP contribution is 2.41. The number of hydrogen-bond acceptors (Lipinski definition) is 3. The highest BCUT2D eigenvalue weighted by molar-refractivity contribution is 8.00. The fourth-order valence-corrected chi connectivity index (χ4v) is 4.24. The van der Waals surface area contributed by atoms with Crippen molar-refractivity contribution < 1.29 is 9.59 Å². The van der Waals surface area contributed by atoms with Crippen molar-refractivity contribution in [1.82, 2.24) is 10.2 Å². The van der Waals surface area contributed by atoms with Crippen LogP contribution in [0.1, 0.15) is 46.0 Å². The lowest BCUT2D eigenvalue weighted by Crippen LogP contribution is -2.50. The second-order valence-corrected chi connectivity index (χ2v) is 7.67. The molecule has 1 saturated heterocycles. The van der Waals surface area contributed by atoms with Crippen LogP contribution in [-0.4, -0.2) is 46.8 Å². The maximum atomic E-state index is 12.7. The first kappa shape index (κ1) is 15.7. The molecule has 0 radical (unpaired) electrons. The lowest BCUT2D eigenvalue weighted by molar-refractivity contribution is -0.135. The summed E-state index contributed by atoms with van der Waals surface area (Å²) in [5.41, 5.74) is 0. The molecule has 1 N–H and O–H groups in total. The van der Waals surface area contributed by atoms with E-state index in [1.807, 2.05) is 30.5 Å². The van der Waals surface area contributed by atoms with Crippen LogP contribution in [-0.2, 0) is 9.59 Å². The van der Waals surface area contributed by atoms with Crippen molar-refractivity contribution in [2.75, 3.05) is 19.3 Å². The van der Waals surface area contributed by atoms with Crippen LogP contribution in [0.2, 0.25) is 0 Å². The van der Waals surface area contributed by atoms with Gasteiger partial charge in [-0.15, -0.1) is 0 Å². The third-order valence-electron chi connectivity index (χ3n) is 4.60. The van der Waals surface area contributed by atoms with Crippen LogP contribution >= 0.6 is 11.8 Å². The van der Waals surface area contributed by atoms with E-state index in [-0.39, 0.29) is 28.5 Å². The molecule has 2 aliphatic rings. The van der Waals surface area contributed by atoms with Gasteiger partial charge in [-0.2, -0.15) is 11.8 Å². The number of carbonyl (C=O) groups excluding carboxylic acids is 2. The van der Waals surface area contributed by atoms with Crippen LogP contribution in [0.5, 0.6) is 0 Å². The molecular formula is C15H26N2O2S. The van der Waals surface area contributed by atoms with Gasteiger partial charge in [-0.3, -0.25) is 9.59 Å². The molecule has 0 aromatic carbocycles. The molecule has 4 nitrogen and oxygen atoms in total. The second-order valence-electron chi connectivity index (χ2n) is 6.39. The topological polar surface area (TPSA) is 49.4 Å². The SMILES string of the molecule is CSC1(CN2CCC(=O)NC(C(C)C)C2=O)CCCC1. The van der Waals surface area contributed by atoms with Crippen molar-refractivity contribution in [3.63, 3.8) is 0 Å². The van der Waals surface area contributed by atoms with Gasteiger partial charge in [0.1, 0.15) is 6.04 Å². The molecule has 5 heteroatoms. The molecule has 0 spiro atoms. The van der Waals surface area contributed by atoms with Gasteiger partial charge in [-0.25, -0.2) is 0 Å². The zero-order valence-corrected chi connectivity index (χ0v) is 13.6. The molecule has 114 valence electrons. The standard InChI is InChI=1S/C15H26N2O2S/c1-11(2)13-14(19)17(9-6-12(18)16-13)10-15(20-3)7-4-5-8-15/h11,13H,4-10H2,1-3H3,(H,16,18). The van der Waals surface area contributed by atoms with Gasteiger partial charge >= 0.3 is 0 Å². The molecule has 0 bridgehead atoms. The average molecular weight is 298 g/mol. The van der Waals surface area contributed by atoms with Gasteiger partial charge in [0.15, 0.2) is 0 Å². The molecule has 1 saturated carbocycles. The first-order valence-electron chi connectivity index (χ1n) is 7.61. The van der Waals surface area contributed by atoms with E-state index in [2.05, 4.69) is 11.6 Å². The molecule has 1 atom stereocenters. The summed E-state index contributed by atoms with van der Waals surface area (Å²) in [4.78, 5) is 26.4. The average Bonchev–Trinajstić information content (AvgIpc) is 2.83. The predicted molar refractivity (Wildman–Crippen MR) is 82.7 cm³/mol. The molecule has 20 heavy (non-hydrogen) atoms. The van der Waals surface area contributed by atoms with E-state index in [0.717, 1.165) is 6.54 Å². The molecule has 1 unspecified atom stereocenters. The van der Waals surface area contributed by atoms with Crippen molar-refractivity contribution in [1.29, 1.82) is 0 Å². The fourth-order valence-electron chi connectivity index (χ4n) is 3.25. The number of hydrogen-bond donors (Lipinski definition) is 1. The maximum absolute atomic E-state index is 12.7. The Kier molecular flexibility index (Phi) is 4.99. The lowest BCUT2D eigenvalue weighted by atomic mass is 10.0. The molecule has 2 fully saturated rings. The Morgan fingerprint density at radius 2 is 2.00 bits per heavy atom. The summed E-state index contributed by atoms with van der Waals surface area (Å²) >= 11 is 1.89. The number of rotatable bonds is 4. The Hall–Kier alpha value is -0.710. The van der Waals surface area contributed by atoms with Crippen LogP contribution in [0.4, 0.5) is 0 Å². The minimum Gasteiger partial charge on any atom is -0.344 e. The van der Waals surface area contributed by atoms with E-state index < -0.39 is 0 Å². The van der Waals surface area contributed by atoms with Crippen LogP contribution in [0.15, 0.2) is 0 Å². The van der Waals surface area contributed by atoms with Crippen molar-refractivity contribution >= 4 is 23.6 Å². The second kappa shape index (κ2) is 6.37. The number of nitrogens with one attached hydrogen (secondary N) is 1. The summed E-state index contributed by atoms with van der Waals surface area (Å²) in [5.74, 6) is 0.246. The summed E-state index contributed by atoms with van der Waals surface area (Å²) in [6.07, 6.45) is 7.47. The van der Waals surface area contributed by atoms with Crippen LogP contribution < -0.4 is 5.32 Å². The van der Waals surface area contributed by atoms with E-state index in [1.54, 1.807) is 0 Å². The zero-order valence-electron chi connectivity index (χ0n) is 12.8. The Morgan fingerprint density at radius 3 is 2.55 bits per heavy atom. The molecule has 0 aromatic heterocycles. The largest absolute Gasteiger partial charge is 0.344 e. The normalized spacial score (nSPS) is 26.8. The summed E-state index contributed by atoms with van der Waals surface area (Å²) in [6.45, 7) is 5.35. The first-order chi connectivity index (χ1) is 9.47. The summed E-state index contributed by atoms with van der Waals surface area (Å²) in [7, 11) is 0. The van der Waals surface area contributed by atoms with Crippen molar-refractivity contribution in [3.8, 4) is 0 Å². The number of thioether (sulfide) groups is 1. The number of amides is 2. The van der Waals surface area contributed by atoms with E-state index in [0.29, 0.717) is 13.0 Å². The Bertz CT molecular complexity index is 378. The van der Waals surface area contributed by atoms with Gasteiger partial charge in [0.2, 0.25) is 11.8 Å². The Morgan fingerprint density at radius 1 is 1.35 bits per heavy atom. The van der Waals surface area contributed by atoms with Gasteiger partial charge in [0.05, 0.1) is 0 Å². The highest BCUT2D eigenvalue weighted by atomic mass is 32.2. The molecule has 0 aromatic rings. The maximum Gasteiger partial charge on any atom is 0.245 e. The minimum atomic E-state index is -0.356. The zero-order chi connectivity index (χ0) is 14.8. The molecule has 2 rings (SSSR count). The smallest absolute Gasteiger partial charge is 0.245 e. The third-order valence-corrected chi connectivity index (χ3v) is 6.00. The Labute approximate surface area is 126 Å².